The zero-order valence-corrected chi connectivity index (χ0v) is 20.7. The standard InChI is InChI=1S/C30H35NO4/c1-3-5-19-31(20-6-4-2)30(33)29(26-15-11-8-12-16-26)35-28-21-25(22-32)17-18-27(28)34-23-24-13-9-7-10-14-24/h7-18,21-22,29H,3-6,19-20,23H2,1-2H3. The van der Waals surface area contributed by atoms with Crippen molar-refractivity contribution in [3.63, 3.8) is 0 Å². The molecule has 0 aromatic heterocycles. The second kappa shape index (κ2) is 14.0. The SMILES string of the molecule is CCCCN(CCCC)C(=O)C(Oc1cc(C=O)ccc1OCc1ccccc1)c1ccccc1. The van der Waals surface area contributed by atoms with Crippen molar-refractivity contribution < 1.29 is 19.1 Å². The fourth-order valence-electron chi connectivity index (χ4n) is 3.76. The van der Waals surface area contributed by atoms with Gasteiger partial charge in [0.2, 0.25) is 6.10 Å². The van der Waals surface area contributed by atoms with Gasteiger partial charge in [0.25, 0.3) is 5.91 Å². The van der Waals surface area contributed by atoms with Gasteiger partial charge in [0.1, 0.15) is 12.9 Å². The summed E-state index contributed by atoms with van der Waals surface area (Å²) in [7, 11) is 0. The summed E-state index contributed by atoms with van der Waals surface area (Å²) in [4.78, 5) is 27.2. The average Bonchev–Trinajstić information content (AvgIpc) is 2.91. The molecule has 3 rings (SSSR count). The van der Waals surface area contributed by atoms with Gasteiger partial charge in [0.15, 0.2) is 11.5 Å². The molecule has 0 saturated carbocycles. The Morgan fingerprint density at radius 2 is 1.49 bits per heavy atom. The molecule has 1 atom stereocenters. The van der Waals surface area contributed by atoms with Gasteiger partial charge in [-0.15, -0.1) is 0 Å². The summed E-state index contributed by atoms with van der Waals surface area (Å²) >= 11 is 0. The molecule has 0 saturated heterocycles. The maximum absolute atomic E-state index is 13.8. The van der Waals surface area contributed by atoms with E-state index in [2.05, 4.69) is 13.8 Å². The maximum Gasteiger partial charge on any atom is 0.268 e. The van der Waals surface area contributed by atoms with E-state index in [0.717, 1.165) is 43.1 Å². The molecule has 0 aliphatic rings. The van der Waals surface area contributed by atoms with Crippen LogP contribution in [0.2, 0.25) is 0 Å². The van der Waals surface area contributed by atoms with E-state index in [0.29, 0.717) is 36.8 Å². The first-order valence-corrected chi connectivity index (χ1v) is 12.4. The molecule has 5 heteroatoms. The van der Waals surface area contributed by atoms with E-state index in [4.69, 9.17) is 9.47 Å². The molecule has 184 valence electrons. The topological polar surface area (TPSA) is 55.8 Å². The molecule has 5 nitrogen and oxygen atoms in total. The van der Waals surface area contributed by atoms with Crippen molar-refractivity contribution in [1.29, 1.82) is 0 Å². The lowest BCUT2D eigenvalue weighted by molar-refractivity contribution is -0.139. The number of carbonyl (C=O) groups is 2. The van der Waals surface area contributed by atoms with Gasteiger partial charge in [0, 0.05) is 24.2 Å². The lowest BCUT2D eigenvalue weighted by atomic mass is 10.1. The zero-order chi connectivity index (χ0) is 24.9. The summed E-state index contributed by atoms with van der Waals surface area (Å²) in [5.41, 5.74) is 2.24. The number of rotatable bonds is 14. The first kappa shape index (κ1) is 26.0. The van der Waals surface area contributed by atoms with Gasteiger partial charge in [-0.05, 0) is 36.6 Å². The van der Waals surface area contributed by atoms with Crippen molar-refractivity contribution in [3.8, 4) is 11.5 Å². The summed E-state index contributed by atoms with van der Waals surface area (Å²) in [5.74, 6) is 0.782. The van der Waals surface area contributed by atoms with Crippen LogP contribution in [-0.4, -0.2) is 30.2 Å². The lowest BCUT2D eigenvalue weighted by Gasteiger charge is -2.28. The third kappa shape index (κ3) is 7.71. The molecule has 0 aliphatic carbocycles. The maximum atomic E-state index is 13.8. The van der Waals surface area contributed by atoms with E-state index in [1.807, 2.05) is 65.6 Å². The predicted octanol–water partition coefficient (Wildman–Crippen LogP) is 6.63. The summed E-state index contributed by atoms with van der Waals surface area (Å²) in [6.07, 6.45) is 3.80. The van der Waals surface area contributed by atoms with Crippen LogP contribution in [0.4, 0.5) is 0 Å². The molecule has 0 bridgehead atoms. The normalized spacial score (nSPS) is 11.5. The number of ether oxygens (including phenoxy) is 2. The van der Waals surface area contributed by atoms with Crippen molar-refractivity contribution >= 4 is 12.2 Å². The van der Waals surface area contributed by atoms with Crippen molar-refractivity contribution in [2.75, 3.05) is 13.1 Å². The van der Waals surface area contributed by atoms with Crippen LogP contribution in [0, 0.1) is 0 Å². The third-order valence-corrected chi connectivity index (χ3v) is 5.79. The van der Waals surface area contributed by atoms with Crippen LogP contribution in [0.25, 0.3) is 0 Å². The van der Waals surface area contributed by atoms with Gasteiger partial charge in [-0.3, -0.25) is 9.59 Å². The quantitative estimate of drug-likeness (QED) is 0.247. The number of nitrogens with zero attached hydrogens (tertiary/aromatic N) is 1. The summed E-state index contributed by atoms with van der Waals surface area (Å²) in [6.45, 7) is 5.96. The van der Waals surface area contributed by atoms with E-state index >= 15 is 0 Å². The minimum absolute atomic E-state index is 0.0800. The predicted molar refractivity (Wildman–Crippen MR) is 139 cm³/mol. The van der Waals surface area contributed by atoms with Gasteiger partial charge in [-0.2, -0.15) is 0 Å². The highest BCUT2D eigenvalue weighted by atomic mass is 16.5. The van der Waals surface area contributed by atoms with Gasteiger partial charge >= 0.3 is 0 Å². The molecular weight excluding hydrogens is 438 g/mol. The van der Waals surface area contributed by atoms with Gasteiger partial charge in [0.05, 0.1) is 0 Å². The molecule has 0 fully saturated rings. The fourth-order valence-corrected chi connectivity index (χ4v) is 3.76. The number of benzene rings is 3. The highest BCUT2D eigenvalue weighted by molar-refractivity contribution is 5.83. The highest BCUT2D eigenvalue weighted by Gasteiger charge is 2.28. The van der Waals surface area contributed by atoms with Crippen LogP contribution >= 0.6 is 0 Å². The monoisotopic (exact) mass is 473 g/mol. The van der Waals surface area contributed by atoms with E-state index < -0.39 is 6.10 Å². The van der Waals surface area contributed by atoms with Crippen LogP contribution in [0.5, 0.6) is 11.5 Å². The number of unbranched alkanes of at least 4 members (excludes halogenated alkanes) is 2. The Hall–Kier alpha value is -3.60. The van der Waals surface area contributed by atoms with Crippen LogP contribution in [0.3, 0.4) is 0 Å². The van der Waals surface area contributed by atoms with Crippen molar-refractivity contribution in [1.82, 2.24) is 4.90 Å². The highest BCUT2D eigenvalue weighted by Crippen LogP contribution is 2.34. The Labute approximate surface area is 208 Å². The molecule has 1 amide bonds. The second-order valence-corrected chi connectivity index (χ2v) is 8.54. The van der Waals surface area contributed by atoms with E-state index in [9.17, 15) is 9.59 Å². The number of amides is 1. The molecule has 0 aliphatic heterocycles. The van der Waals surface area contributed by atoms with Gasteiger partial charge in [-0.25, -0.2) is 0 Å². The first-order valence-electron chi connectivity index (χ1n) is 12.4. The minimum Gasteiger partial charge on any atom is -0.485 e. The van der Waals surface area contributed by atoms with Crippen molar-refractivity contribution in [2.24, 2.45) is 0 Å². The third-order valence-electron chi connectivity index (χ3n) is 5.79. The molecule has 0 N–H and O–H groups in total. The van der Waals surface area contributed by atoms with Crippen LogP contribution < -0.4 is 9.47 Å². The molecular formula is C30H35NO4. The largest absolute Gasteiger partial charge is 0.485 e. The Morgan fingerprint density at radius 1 is 0.857 bits per heavy atom. The Balaban J connectivity index is 1.92. The number of hydrogen-bond donors (Lipinski definition) is 0. The smallest absolute Gasteiger partial charge is 0.268 e. The van der Waals surface area contributed by atoms with Gasteiger partial charge < -0.3 is 14.4 Å². The van der Waals surface area contributed by atoms with Gasteiger partial charge in [-0.1, -0.05) is 87.4 Å². The second-order valence-electron chi connectivity index (χ2n) is 8.54. The lowest BCUT2D eigenvalue weighted by Crippen LogP contribution is -2.38. The van der Waals surface area contributed by atoms with E-state index in [1.54, 1.807) is 18.2 Å². The Kier molecular flexibility index (Phi) is 10.4. The van der Waals surface area contributed by atoms with Crippen LogP contribution in [0.15, 0.2) is 78.9 Å². The van der Waals surface area contributed by atoms with E-state index in [1.165, 1.54) is 0 Å². The summed E-state index contributed by atoms with van der Waals surface area (Å²) < 4.78 is 12.5. The molecule has 3 aromatic carbocycles. The zero-order valence-electron chi connectivity index (χ0n) is 20.7. The number of aldehydes is 1. The van der Waals surface area contributed by atoms with Crippen molar-refractivity contribution in [3.05, 3.63) is 95.6 Å². The first-order chi connectivity index (χ1) is 17.2. The number of carbonyl (C=O) groups excluding carboxylic acids is 2. The van der Waals surface area contributed by atoms with Crippen LogP contribution in [-0.2, 0) is 11.4 Å². The molecule has 0 heterocycles. The number of hydrogen-bond acceptors (Lipinski definition) is 4. The fraction of sp³-hybridized carbons (Fsp3) is 0.333. The molecule has 0 radical (unpaired) electrons. The Morgan fingerprint density at radius 3 is 2.09 bits per heavy atom. The molecule has 35 heavy (non-hydrogen) atoms. The summed E-state index contributed by atoms with van der Waals surface area (Å²) in [5, 5.41) is 0. The average molecular weight is 474 g/mol. The molecule has 1 unspecified atom stereocenters. The molecule has 3 aromatic rings. The minimum atomic E-state index is -0.842. The Bertz CT molecular complexity index is 1040. The van der Waals surface area contributed by atoms with Crippen molar-refractivity contribution in [2.45, 2.75) is 52.2 Å². The molecule has 0 spiro atoms. The van der Waals surface area contributed by atoms with Crippen LogP contribution in [0.1, 0.15) is 67.1 Å². The summed E-state index contributed by atoms with van der Waals surface area (Å²) in [6, 6.07) is 24.4. The van der Waals surface area contributed by atoms with E-state index in [-0.39, 0.29) is 5.91 Å².